The molecule has 1 unspecified atom stereocenters. The number of likely N-dealkylation sites (N-methyl/N-ethyl adjacent to an activating group) is 1. The molecular weight excluding hydrogens is 348 g/mol. The minimum absolute atomic E-state index is 0.0695. The predicted octanol–water partition coefficient (Wildman–Crippen LogP) is 2.73. The molecule has 2 heterocycles. The molecular formula is C19H22N4O2S. The molecule has 6 nitrogen and oxygen atoms in total. The largest absolute Gasteiger partial charge is 0.497 e. The number of hydrogen-bond acceptors (Lipinski definition) is 5. The molecule has 2 aromatic heterocycles. The van der Waals surface area contributed by atoms with Crippen LogP contribution in [0.1, 0.15) is 16.5 Å². The van der Waals surface area contributed by atoms with E-state index in [1.807, 2.05) is 37.5 Å². The van der Waals surface area contributed by atoms with Gasteiger partial charge in [0.05, 0.1) is 19.9 Å². The van der Waals surface area contributed by atoms with Gasteiger partial charge in [0, 0.05) is 23.7 Å². The Labute approximate surface area is 156 Å². The number of benzene rings is 1. The molecule has 26 heavy (non-hydrogen) atoms. The number of nitrogens with zero attached hydrogens (tertiary/aromatic N) is 2. The Balaban J connectivity index is 1.62. The smallest absolute Gasteiger partial charge is 0.242 e. The fraction of sp³-hybridized carbons (Fsp3) is 0.263. The average Bonchev–Trinajstić information content (AvgIpc) is 3.30. The molecule has 7 heteroatoms. The molecule has 0 aliphatic rings. The van der Waals surface area contributed by atoms with E-state index in [1.165, 1.54) is 0 Å². The summed E-state index contributed by atoms with van der Waals surface area (Å²) >= 11 is 1.63. The number of amides is 1. The summed E-state index contributed by atoms with van der Waals surface area (Å²) in [7, 11) is 5.26. The van der Waals surface area contributed by atoms with Crippen molar-refractivity contribution in [2.75, 3.05) is 14.2 Å². The van der Waals surface area contributed by atoms with Gasteiger partial charge in [-0.15, -0.1) is 11.3 Å². The van der Waals surface area contributed by atoms with Gasteiger partial charge in [-0.05, 0) is 41.8 Å². The van der Waals surface area contributed by atoms with Gasteiger partial charge in [-0.1, -0.05) is 12.1 Å². The zero-order valence-corrected chi connectivity index (χ0v) is 15.8. The van der Waals surface area contributed by atoms with Crippen LogP contribution < -0.4 is 15.4 Å². The first-order valence-corrected chi connectivity index (χ1v) is 9.14. The van der Waals surface area contributed by atoms with Gasteiger partial charge >= 0.3 is 0 Å². The summed E-state index contributed by atoms with van der Waals surface area (Å²) in [5.41, 5.74) is 3.11. The van der Waals surface area contributed by atoms with E-state index >= 15 is 0 Å². The maximum absolute atomic E-state index is 12.5. The first-order valence-electron chi connectivity index (χ1n) is 8.26. The average molecular weight is 370 g/mol. The Bertz CT molecular complexity index is 870. The Kier molecular flexibility index (Phi) is 5.70. The van der Waals surface area contributed by atoms with Crippen LogP contribution >= 0.6 is 11.3 Å². The molecule has 1 amide bonds. The fourth-order valence-corrected chi connectivity index (χ4v) is 3.56. The van der Waals surface area contributed by atoms with E-state index in [9.17, 15) is 4.79 Å². The van der Waals surface area contributed by atoms with Crippen LogP contribution in [0.2, 0.25) is 0 Å². The van der Waals surface area contributed by atoms with E-state index in [2.05, 4.69) is 27.2 Å². The maximum atomic E-state index is 12.5. The number of carbonyl (C=O) groups is 1. The van der Waals surface area contributed by atoms with Crippen molar-refractivity contribution >= 4 is 17.2 Å². The molecule has 136 valence electrons. The molecule has 1 aromatic carbocycles. The van der Waals surface area contributed by atoms with Crippen LogP contribution in [0.3, 0.4) is 0 Å². The molecule has 1 atom stereocenters. The third kappa shape index (κ3) is 4.12. The zero-order valence-electron chi connectivity index (χ0n) is 15.0. The Morgan fingerprint density at radius 2 is 2.08 bits per heavy atom. The molecule has 0 fully saturated rings. The van der Waals surface area contributed by atoms with Crippen molar-refractivity contribution in [3.63, 3.8) is 0 Å². The number of aryl methyl sites for hydroxylation is 1. The van der Waals surface area contributed by atoms with E-state index in [0.717, 1.165) is 27.3 Å². The second-order valence-corrected chi connectivity index (χ2v) is 6.91. The lowest BCUT2D eigenvalue weighted by molar-refractivity contribution is -0.123. The van der Waals surface area contributed by atoms with Crippen molar-refractivity contribution in [2.24, 2.45) is 7.05 Å². The lowest BCUT2D eigenvalue weighted by Gasteiger charge is -2.14. The Hall–Kier alpha value is -2.64. The predicted molar refractivity (Wildman–Crippen MR) is 103 cm³/mol. The highest BCUT2D eigenvalue weighted by molar-refractivity contribution is 7.10. The fourth-order valence-electron chi connectivity index (χ4n) is 2.72. The Morgan fingerprint density at radius 1 is 1.31 bits per heavy atom. The zero-order chi connectivity index (χ0) is 18.5. The molecule has 0 saturated heterocycles. The highest BCUT2D eigenvalue weighted by Crippen LogP contribution is 2.27. The monoisotopic (exact) mass is 370 g/mol. The molecule has 0 bridgehead atoms. The van der Waals surface area contributed by atoms with Crippen molar-refractivity contribution in [3.05, 3.63) is 58.5 Å². The van der Waals surface area contributed by atoms with Crippen LogP contribution in [0.15, 0.2) is 48.1 Å². The second kappa shape index (κ2) is 8.16. The quantitative estimate of drug-likeness (QED) is 0.671. The molecule has 3 rings (SSSR count). The number of ether oxygens (including phenoxy) is 1. The summed E-state index contributed by atoms with van der Waals surface area (Å²) < 4.78 is 6.88. The highest BCUT2D eigenvalue weighted by Gasteiger charge is 2.19. The van der Waals surface area contributed by atoms with E-state index in [1.54, 1.807) is 36.4 Å². The van der Waals surface area contributed by atoms with Gasteiger partial charge in [-0.2, -0.15) is 5.10 Å². The number of methoxy groups -OCH3 is 1. The van der Waals surface area contributed by atoms with Gasteiger partial charge in [0.2, 0.25) is 5.91 Å². The number of thiophene rings is 1. The summed E-state index contributed by atoms with van der Waals surface area (Å²) in [6, 6.07) is 9.64. The summed E-state index contributed by atoms with van der Waals surface area (Å²) in [6.07, 6.45) is 3.54. The van der Waals surface area contributed by atoms with Gasteiger partial charge in [0.1, 0.15) is 11.8 Å². The maximum Gasteiger partial charge on any atom is 0.242 e. The highest BCUT2D eigenvalue weighted by atomic mass is 32.1. The molecule has 0 aliphatic carbocycles. The van der Waals surface area contributed by atoms with Crippen LogP contribution in [-0.2, 0) is 18.4 Å². The van der Waals surface area contributed by atoms with E-state index < -0.39 is 6.04 Å². The Morgan fingerprint density at radius 3 is 2.69 bits per heavy atom. The SMILES string of the molecule is CNC(C(=O)NCc1cc(-c2ccc(OC)cc2)cs1)c1cnn(C)c1. The molecule has 0 aliphatic heterocycles. The third-order valence-electron chi connectivity index (χ3n) is 4.12. The minimum atomic E-state index is -0.412. The number of carbonyl (C=O) groups excluding carboxylic acids is 1. The van der Waals surface area contributed by atoms with Crippen LogP contribution in [0, 0.1) is 0 Å². The number of nitrogens with one attached hydrogen (secondary N) is 2. The van der Waals surface area contributed by atoms with Crippen molar-refractivity contribution in [1.82, 2.24) is 20.4 Å². The number of hydrogen-bond donors (Lipinski definition) is 2. The summed E-state index contributed by atoms with van der Waals surface area (Å²) in [4.78, 5) is 13.6. The van der Waals surface area contributed by atoms with E-state index in [-0.39, 0.29) is 5.91 Å². The van der Waals surface area contributed by atoms with Gasteiger partial charge in [-0.3, -0.25) is 9.48 Å². The van der Waals surface area contributed by atoms with Crippen molar-refractivity contribution in [2.45, 2.75) is 12.6 Å². The minimum Gasteiger partial charge on any atom is -0.497 e. The van der Waals surface area contributed by atoms with Gasteiger partial charge < -0.3 is 15.4 Å². The molecule has 0 saturated carbocycles. The van der Waals surface area contributed by atoms with Crippen LogP contribution in [-0.4, -0.2) is 29.8 Å². The summed E-state index contributed by atoms with van der Waals surface area (Å²) in [5, 5.41) is 12.3. The van der Waals surface area contributed by atoms with Crippen molar-refractivity contribution in [1.29, 1.82) is 0 Å². The molecule has 3 aromatic rings. The van der Waals surface area contributed by atoms with Crippen molar-refractivity contribution in [3.8, 4) is 16.9 Å². The molecule has 0 spiro atoms. The van der Waals surface area contributed by atoms with Gasteiger partial charge in [0.25, 0.3) is 0 Å². The van der Waals surface area contributed by atoms with Crippen LogP contribution in [0.4, 0.5) is 0 Å². The number of aromatic nitrogens is 2. The van der Waals surface area contributed by atoms with Crippen molar-refractivity contribution < 1.29 is 9.53 Å². The topological polar surface area (TPSA) is 68.2 Å². The van der Waals surface area contributed by atoms with E-state index in [0.29, 0.717) is 6.54 Å². The standard InChI is InChI=1S/C19H22N4O2S/c1-20-18(15-9-22-23(2)11-15)19(24)21-10-17-8-14(12-26-17)13-4-6-16(25-3)7-5-13/h4-9,11-12,18,20H,10H2,1-3H3,(H,21,24). The lowest BCUT2D eigenvalue weighted by Crippen LogP contribution is -2.35. The first-order chi connectivity index (χ1) is 12.6. The van der Waals surface area contributed by atoms with Crippen LogP contribution in [0.5, 0.6) is 5.75 Å². The first kappa shape index (κ1) is 18.2. The normalized spacial score (nSPS) is 12.0. The summed E-state index contributed by atoms with van der Waals surface area (Å²) in [5.74, 6) is 0.768. The van der Waals surface area contributed by atoms with Gasteiger partial charge in [0.15, 0.2) is 0 Å². The molecule has 2 N–H and O–H groups in total. The third-order valence-corrected chi connectivity index (χ3v) is 5.06. The number of rotatable bonds is 7. The second-order valence-electron chi connectivity index (χ2n) is 5.92. The van der Waals surface area contributed by atoms with Gasteiger partial charge in [-0.25, -0.2) is 0 Å². The van der Waals surface area contributed by atoms with Crippen LogP contribution in [0.25, 0.3) is 11.1 Å². The van der Waals surface area contributed by atoms with E-state index in [4.69, 9.17) is 4.74 Å². The molecule has 0 radical (unpaired) electrons. The lowest BCUT2D eigenvalue weighted by atomic mass is 10.1. The summed E-state index contributed by atoms with van der Waals surface area (Å²) in [6.45, 7) is 0.498.